The number of nitrogens with one attached hydrogen (secondary N) is 1. The molecule has 7 heteroatoms. The number of carbonyl (C=O) groups excluding carboxylic acids is 1. The predicted octanol–water partition coefficient (Wildman–Crippen LogP) is 3.43. The second kappa shape index (κ2) is 6.24. The van der Waals surface area contributed by atoms with Crippen LogP contribution in [0.25, 0.3) is 11.5 Å². The third-order valence-electron chi connectivity index (χ3n) is 4.44. The lowest BCUT2D eigenvalue weighted by Gasteiger charge is -2.21. The fraction of sp³-hybridized carbons (Fsp3) is 0.353. The molecule has 3 heterocycles. The SMILES string of the molecule is Cc1nc(-c2cc(C(=O)N[C@@H]3CCC[C@@H]3n3ccnc3)co2)cs1. The average molecular weight is 342 g/mol. The van der Waals surface area contributed by atoms with E-state index in [4.69, 9.17) is 4.42 Å². The summed E-state index contributed by atoms with van der Waals surface area (Å²) in [4.78, 5) is 21.0. The van der Waals surface area contributed by atoms with Gasteiger partial charge in [-0.3, -0.25) is 4.79 Å². The van der Waals surface area contributed by atoms with E-state index >= 15 is 0 Å². The molecule has 4 rings (SSSR count). The monoisotopic (exact) mass is 342 g/mol. The lowest BCUT2D eigenvalue weighted by atomic mass is 10.1. The van der Waals surface area contributed by atoms with Crippen LogP contribution < -0.4 is 5.32 Å². The molecule has 0 bridgehead atoms. The van der Waals surface area contributed by atoms with E-state index in [1.807, 2.05) is 24.8 Å². The summed E-state index contributed by atoms with van der Waals surface area (Å²) in [6.45, 7) is 1.95. The molecule has 0 aliphatic heterocycles. The molecule has 2 atom stereocenters. The van der Waals surface area contributed by atoms with E-state index in [2.05, 4.69) is 19.9 Å². The molecule has 1 aliphatic rings. The van der Waals surface area contributed by atoms with E-state index in [1.54, 1.807) is 23.6 Å². The van der Waals surface area contributed by atoms with Gasteiger partial charge in [-0.05, 0) is 32.3 Å². The second-order valence-corrected chi connectivity index (χ2v) is 7.10. The number of rotatable bonds is 4. The first-order valence-corrected chi connectivity index (χ1v) is 8.88. The van der Waals surface area contributed by atoms with Crippen LogP contribution in [-0.4, -0.2) is 26.5 Å². The molecule has 3 aromatic heterocycles. The highest BCUT2D eigenvalue weighted by Crippen LogP contribution is 2.30. The highest BCUT2D eigenvalue weighted by molar-refractivity contribution is 7.09. The Morgan fingerprint density at radius 3 is 3.12 bits per heavy atom. The molecule has 1 N–H and O–H groups in total. The molecular weight excluding hydrogens is 324 g/mol. The highest BCUT2D eigenvalue weighted by atomic mass is 32.1. The van der Waals surface area contributed by atoms with Crippen LogP contribution in [0.3, 0.4) is 0 Å². The van der Waals surface area contributed by atoms with Crippen LogP contribution in [0.5, 0.6) is 0 Å². The molecule has 1 aliphatic carbocycles. The number of carbonyl (C=O) groups is 1. The van der Waals surface area contributed by atoms with Crippen molar-refractivity contribution in [2.75, 3.05) is 0 Å². The van der Waals surface area contributed by atoms with Gasteiger partial charge in [0.2, 0.25) is 0 Å². The first-order valence-electron chi connectivity index (χ1n) is 8.00. The second-order valence-electron chi connectivity index (χ2n) is 6.04. The normalized spacial score (nSPS) is 20.4. The molecule has 0 spiro atoms. The molecule has 0 radical (unpaired) electrons. The molecule has 6 nitrogen and oxygen atoms in total. The van der Waals surface area contributed by atoms with Crippen LogP contribution >= 0.6 is 11.3 Å². The van der Waals surface area contributed by atoms with Gasteiger partial charge in [0, 0.05) is 23.8 Å². The molecule has 1 fully saturated rings. The van der Waals surface area contributed by atoms with Crippen LogP contribution in [0.15, 0.2) is 40.8 Å². The van der Waals surface area contributed by atoms with Gasteiger partial charge in [0.25, 0.3) is 5.91 Å². The minimum Gasteiger partial charge on any atom is -0.462 e. The van der Waals surface area contributed by atoms with Crippen molar-refractivity contribution in [1.82, 2.24) is 19.9 Å². The van der Waals surface area contributed by atoms with Crippen LogP contribution in [0.1, 0.15) is 40.7 Å². The lowest BCUT2D eigenvalue weighted by Crippen LogP contribution is -2.37. The fourth-order valence-corrected chi connectivity index (χ4v) is 3.85. The summed E-state index contributed by atoms with van der Waals surface area (Å²) in [5, 5.41) is 6.04. The van der Waals surface area contributed by atoms with Gasteiger partial charge in [-0.1, -0.05) is 0 Å². The van der Waals surface area contributed by atoms with Crippen molar-refractivity contribution >= 4 is 17.2 Å². The summed E-state index contributed by atoms with van der Waals surface area (Å²) in [5.41, 5.74) is 1.31. The molecule has 24 heavy (non-hydrogen) atoms. The summed E-state index contributed by atoms with van der Waals surface area (Å²) in [7, 11) is 0. The number of thiazole rings is 1. The molecule has 1 saturated carbocycles. The molecule has 124 valence electrons. The summed E-state index contributed by atoms with van der Waals surface area (Å²) in [5.74, 6) is 0.524. The number of aryl methyl sites for hydroxylation is 1. The number of hydrogen-bond acceptors (Lipinski definition) is 5. The maximum atomic E-state index is 12.6. The molecule has 0 unspecified atom stereocenters. The van der Waals surface area contributed by atoms with Crippen molar-refractivity contribution in [2.24, 2.45) is 0 Å². The summed E-state index contributed by atoms with van der Waals surface area (Å²) >= 11 is 1.56. The Balaban J connectivity index is 1.47. The Hall–Kier alpha value is -2.41. The number of furan rings is 1. The van der Waals surface area contributed by atoms with Crippen molar-refractivity contribution in [3.8, 4) is 11.5 Å². The summed E-state index contributed by atoms with van der Waals surface area (Å²) in [6.07, 6.45) is 10.2. The van der Waals surface area contributed by atoms with Crippen LogP contribution in [0.4, 0.5) is 0 Å². The fourth-order valence-electron chi connectivity index (χ4n) is 3.25. The summed E-state index contributed by atoms with van der Waals surface area (Å²) in [6, 6.07) is 2.14. The molecule has 3 aromatic rings. The average Bonchev–Trinajstić information content (AvgIpc) is 3.34. The number of amides is 1. The van der Waals surface area contributed by atoms with Crippen LogP contribution in [0, 0.1) is 6.92 Å². The van der Waals surface area contributed by atoms with Crippen molar-refractivity contribution in [3.63, 3.8) is 0 Å². The quantitative estimate of drug-likeness (QED) is 0.788. The highest BCUT2D eigenvalue weighted by Gasteiger charge is 2.30. The molecule has 1 amide bonds. The van der Waals surface area contributed by atoms with E-state index in [0.29, 0.717) is 11.3 Å². The standard InChI is InChI=1S/C17H18N4O2S/c1-11-19-14(9-24-11)16-7-12(8-23-16)17(22)20-13-3-2-4-15(13)21-6-5-18-10-21/h5-10,13,15H,2-4H2,1H3,(H,20,22)/t13-,15+/m1/s1. The van der Waals surface area contributed by atoms with Crippen LogP contribution in [-0.2, 0) is 0 Å². The van der Waals surface area contributed by atoms with Gasteiger partial charge in [0.15, 0.2) is 5.76 Å². The van der Waals surface area contributed by atoms with Gasteiger partial charge in [-0.2, -0.15) is 0 Å². The number of hydrogen-bond donors (Lipinski definition) is 1. The van der Waals surface area contributed by atoms with Crippen LogP contribution in [0.2, 0.25) is 0 Å². The smallest absolute Gasteiger partial charge is 0.254 e. The van der Waals surface area contributed by atoms with E-state index in [1.165, 1.54) is 6.26 Å². The maximum absolute atomic E-state index is 12.6. The molecular formula is C17H18N4O2S. The summed E-state index contributed by atoms with van der Waals surface area (Å²) < 4.78 is 7.60. The maximum Gasteiger partial charge on any atom is 0.254 e. The Labute approximate surface area is 143 Å². The Morgan fingerprint density at radius 1 is 1.46 bits per heavy atom. The van der Waals surface area contributed by atoms with E-state index in [0.717, 1.165) is 30.0 Å². The first kappa shape index (κ1) is 15.1. The van der Waals surface area contributed by atoms with Crippen molar-refractivity contribution in [2.45, 2.75) is 38.3 Å². The van der Waals surface area contributed by atoms with Gasteiger partial charge in [-0.25, -0.2) is 9.97 Å². The zero-order valence-electron chi connectivity index (χ0n) is 13.3. The topological polar surface area (TPSA) is 73.0 Å². The Morgan fingerprint density at radius 2 is 2.38 bits per heavy atom. The Kier molecular flexibility index (Phi) is 3.93. The van der Waals surface area contributed by atoms with E-state index in [9.17, 15) is 4.79 Å². The zero-order chi connectivity index (χ0) is 16.5. The largest absolute Gasteiger partial charge is 0.462 e. The van der Waals surface area contributed by atoms with Gasteiger partial charge < -0.3 is 14.3 Å². The zero-order valence-corrected chi connectivity index (χ0v) is 14.1. The number of nitrogens with zero attached hydrogens (tertiary/aromatic N) is 3. The predicted molar refractivity (Wildman–Crippen MR) is 90.9 cm³/mol. The van der Waals surface area contributed by atoms with E-state index < -0.39 is 0 Å². The van der Waals surface area contributed by atoms with Crippen molar-refractivity contribution in [3.05, 3.63) is 47.0 Å². The Bertz CT molecular complexity index is 837. The van der Waals surface area contributed by atoms with Crippen molar-refractivity contribution in [1.29, 1.82) is 0 Å². The molecule has 0 aromatic carbocycles. The number of imidazole rings is 1. The van der Waals surface area contributed by atoms with Gasteiger partial charge in [-0.15, -0.1) is 11.3 Å². The molecule has 0 saturated heterocycles. The van der Waals surface area contributed by atoms with Crippen molar-refractivity contribution < 1.29 is 9.21 Å². The third kappa shape index (κ3) is 2.87. The van der Waals surface area contributed by atoms with E-state index in [-0.39, 0.29) is 18.0 Å². The first-order chi connectivity index (χ1) is 11.7. The third-order valence-corrected chi connectivity index (χ3v) is 5.21. The van der Waals surface area contributed by atoms with Gasteiger partial charge >= 0.3 is 0 Å². The van der Waals surface area contributed by atoms with Gasteiger partial charge in [0.05, 0.1) is 22.9 Å². The number of aromatic nitrogens is 3. The lowest BCUT2D eigenvalue weighted by molar-refractivity contribution is 0.0928. The minimum atomic E-state index is -0.103. The minimum absolute atomic E-state index is 0.103. The van der Waals surface area contributed by atoms with Gasteiger partial charge in [0.1, 0.15) is 12.0 Å².